The van der Waals surface area contributed by atoms with E-state index in [1.807, 2.05) is 6.07 Å². The van der Waals surface area contributed by atoms with Gasteiger partial charge in [-0.15, -0.1) is 0 Å². The first-order valence-corrected chi connectivity index (χ1v) is 12.1. The summed E-state index contributed by atoms with van der Waals surface area (Å²) < 4.78 is 1.23. The summed E-state index contributed by atoms with van der Waals surface area (Å²) >= 11 is 1.76. The minimum absolute atomic E-state index is 0.151. The first-order valence-electron chi connectivity index (χ1n) is 11.3. The molecule has 0 spiro atoms. The number of piperazine rings is 1. The van der Waals surface area contributed by atoms with Crippen molar-refractivity contribution in [1.82, 2.24) is 9.88 Å². The van der Waals surface area contributed by atoms with Gasteiger partial charge in [-0.3, -0.25) is 4.79 Å². The average molecular weight is 435 g/mol. The molecule has 5 nitrogen and oxygen atoms in total. The molecule has 3 aromatic rings. The van der Waals surface area contributed by atoms with E-state index in [0.717, 1.165) is 62.8 Å². The summed E-state index contributed by atoms with van der Waals surface area (Å²) in [6.45, 7) is 9.63. The van der Waals surface area contributed by atoms with E-state index in [9.17, 15) is 4.79 Å². The fraction of sp³-hybridized carbons (Fsp3) is 0.440. The number of amides is 1. The molecular weight excluding hydrogens is 404 g/mol. The Morgan fingerprint density at radius 1 is 0.935 bits per heavy atom. The molecule has 6 heteroatoms. The highest BCUT2D eigenvalue weighted by Crippen LogP contribution is 2.32. The number of fused-ring (bicyclic) bond motifs is 1. The van der Waals surface area contributed by atoms with Gasteiger partial charge in [-0.25, -0.2) is 4.98 Å². The fourth-order valence-electron chi connectivity index (χ4n) is 4.80. The average Bonchev–Trinajstić information content (AvgIpc) is 3.25. The Hall–Kier alpha value is -2.60. The number of hydrogen-bond donors (Lipinski definition) is 0. The van der Waals surface area contributed by atoms with Crippen LogP contribution < -0.4 is 9.80 Å². The van der Waals surface area contributed by atoms with E-state index in [1.54, 1.807) is 11.3 Å². The summed E-state index contributed by atoms with van der Waals surface area (Å²) in [7, 11) is 0. The van der Waals surface area contributed by atoms with Gasteiger partial charge in [-0.1, -0.05) is 35.6 Å². The number of piperidine rings is 1. The maximum atomic E-state index is 13.2. The van der Waals surface area contributed by atoms with Crippen molar-refractivity contribution >= 4 is 38.3 Å². The van der Waals surface area contributed by atoms with E-state index in [-0.39, 0.29) is 5.92 Å². The third-order valence-corrected chi connectivity index (χ3v) is 7.79. The van der Waals surface area contributed by atoms with Crippen molar-refractivity contribution in [3.8, 4) is 0 Å². The molecule has 2 fully saturated rings. The Morgan fingerprint density at radius 3 is 2.42 bits per heavy atom. The lowest BCUT2D eigenvalue weighted by atomic mass is 9.95. The van der Waals surface area contributed by atoms with E-state index in [0.29, 0.717) is 5.91 Å². The smallest absolute Gasteiger partial charge is 0.225 e. The fourth-order valence-corrected chi connectivity index (χ4v) is 5.82. The molecule has 1 amide bonds. The summed E-state index contributed by atoms with van der Waals surface area (Å²) in [5.41, 5.74) is 4.99. The van der Waals surface area contributed by atoms with Crippen molar-refractivity contribution in [3.63, 3.8) is 0 Å². The van der Waals surface area contributed by atoms with Crippen LogP contribution in [0.3, 0.4) is 0 Å². The van der Waals surface area contributed by atoms with Crippen LogP contribution >= 0.6 is 11.3 Å². The molecule has 0 unspecified atom stereocenters. The van der Waals surface area contributed by atoms with Gasteiger partial charge in [0.05, 0.1) is 10.2 Å². The van der Waals surface area contributed by atoms with Gasteiger partial charge in [0, 0.05) is 50.9 Å². The molecular formula is C25H30N4OS. The predicted molar refractivity (Wildman–Crippen MR) is 129 cm³/mol. The SMILES string of the molecule is Cc1ccc(C)c(N2CCN(C(=O)C3CCN(c4nc5ccccc5s4)CC3)CC2)c1. The van der Waals surface area contributed by atoms with E-state index in [1.165, 1.54) is 21.5 Å². The zero-order valence-corrected chi connectivity index (χ0v) is 19.2. The maximum Gasteiger partial charge on any atom is 0.225 e. The van der Waals surface area contributed by atoms with Crippen molar-refractivity contribution in [2.45, 2.75) is 26.7 Å². The molecule has 5 rings (SSSR count). The Morgan fingerprint density at radius 2 is 1.68 bits per heavy atom. The summed E-state index contributed by atoms with van der Waals surface area (Å²) in [6, 6.07) is 14.9. The van der Waals surface area contributed by atoms with Gasteiger partial charge >= 0.3 is 0 Å². The van der Waals surface area contributed by atoms with Gasteiger partial charge in [-0.05, 0) is 56.0 Å². The molecule has 0 bridgehead atoms. The van der Waals surface area contributed by atoms with E-state index >= 15 is 0 Å². The Kier molecular flexibility index (Phi) is 5.57. The Labute approximate surface area is 188 Å². The van der Waals surface area contributed by atoms with Gasteiger partial charge in [0.2, 0.25) is 5.91 Å². The number of para-hydroxylation sites is 1. The van der Waals surface area contributed by atoms with Crippen LogP contribution in [0.25, 0.3) is 10.2 Å². The first-order chi connectivity index (χ1) is 15.1. The topological polar surface area (TPSA) is 39.7 Å². The maximum absolute atomic E-state index is 13.2. The number of thiazole rings is 1. The quantitative estimate of drug-likeness (QED) is 0.609. The lowest BCUT2D eigenvalue weighted by molar-refractivity contribution is -0.136. The molecule has 0 N–H and O–H groups in total. The van der Waals surface area contributed by atoms with Crippen LogP contribution in [0.1, 0.15) is 24.0 Å². The highest BCUT2D eigenvalue weighted by molar-refractivity contribution is 7.22. The van der Waals surface area contributed by atoms with Gasteiger partial charge in [0.25, 0.3) is 0 Å². The molecule has 0 radical (unpaired) electrons. The first kappa shape index (κ1) is 20.3. The van der Waals surface area contributed by atoms with Crippen LogP contribution in [-0.2, 0) is 4.79 Å². The molecule has 0 atom stereocenters. The van der Waals surface area contributed by atoms with Gasteiger partial charge < -0.3 is 14.7 Å². The normalized spacial score (nSPS) is 18.1. The molecule has 3 heterocycles. The summed E-state index contributed by atoms with van der Waals surface area (Å²) in [4.78, 5) is 24.9. The molecule has 31 heavy (non-hydrogen) atoms. The summed E-state index contributed by atoms with van der Waals surface area (Å²) in [6.07, 6.45) is 1.85. The zero-order chi connectivity index (χ0) is 21.4. The van der Waals surface area contributed by atoms with Crippen molar-refractivity contribution in [3.05, 3.63) is 53.6 Å². The molecule has 2 saturated heterocycles. The highest BCUT2D eigenvalue weighted by Gasteiger charge is 2.31. The summed E-state index contributed by atoms with van der Waals surface area (Å²) in [5.74, 6) is 0.502. The number of carbonyl (C=O) groups excluding carboxylic acids is 1. The lowest BCUT2D eigenvalue weighted by Crippen LogP contribution is -2.51. The van der Waals surface area contributed by atoms with Crippen molar-refractivity contribution in [2.24, 2.45) is 5.92 Å². The second-order valence-corrected chi connectivity index (χ2v) is 9.84. The van der Waals surface area contributed by atoms with E-state index in [2.05, 4.69) is 64.9 Å². The number of hydrogen-bond acceptors (Lipinski definition) is 5. The van der Waals surface area contributed by atoms with Crippen LogP contribution in [0, 0.1) is 19.8 Å². The van der Waals surface area contributed by atoms with Crippen LogP contribution in [0.4, 0.5) is 10.8 Å². The van der Waals surface area contributed by atoms with Crippen molar-refractivity contribution < 1.29 is 4.79 Å². The third-order valence-electron chi connectivity index (χ3n) is 6.69. The Balaban J connectivity index is 1.16. The minimum atomic E-state index is 0.151. The lowest BCUT2D eigenvalue weighted by Gasteiger charge is -2.39. The molecule has 2 aliphatic rings. The summed E-state index contributed by atoms with van der Waals surface area (Å²) in [5, 5.41) is 1.09. The molecule has 0 aliphatic carbocycles. The number of rotatable bonds is 3. The van der Waals surface area contributed by atoms with E-state index in [4.69, 9.17) is 4.98 Å². The van der Waals surface area contributed by atoms with Crippen molar-refractivity contribution in [1.29, 1.82) is 0 Å². The minimum Gasteiger partial charge on any atom is -0.368 e. The molecule has 2 aliphatic heterocycles. The Bertz CT molecular complexity index is 1050. The van der Waals surface area contributed by atoms with Gasteiger partial charge in [0.1, 0.15) is 0 Å². The van der Waals surface area contributed by atoms with Crippen LogP contribution in [0.5, 0.6) is 0 Å². The number of aromatic nitrogens is 1. The third kappa shape index (κ3) is 4.13. The molecule has 1 aromatic heterocycles. The van der Waals surface area contributed by atoms with Crippen LogP contribution in [0.15, 0.2) is 42.5 Å². The largest absolute Gasteiger partial charge is 0.368 e. The highest BCUT2D eigenvalue weighted by atomic mass is 32.1. The number of aryl methyl sites for hydroxylation is 2. The standard InChI is InChI=1S/C25H30N4OS/c1-18-7-8-19(2)22(17-18)27-13-15-28(16-14-27)24(30)20-9-11-29(12-10-20)25-26-21-5-3-4-6-23(21)31-25/h3-8,17,20H,9-16H2,1-2H3. The second kappa shape index (κ2) is 8.50. The van der Waals surface area contributed by atoms with Crippen LogP contribution in [-0.4, -0.2) is 55.1 Å². The van der Waals surface area contributed by atoms with Gasteiger partial charge in [-0.2, -0.15) is 0 Å². The molecule has 162 valence electrons. The second-order valence-electron chi connectivity index (χ2n) is 8.83. The zero-order valence-electron chi connectivity index (χ0n) is 18.4. The monoisotopic (exact) mass is 434 g/mol. The predicted octanol–water partition coefficient (Wildman–Crippen LogP) is 4.48. The van der Waals surface area contributed by atoms with Crippen molar-refractivity contribution in [2.75, 3.05) is 49.1 Å². The number of benzene rings is 2. The number of nitrogens with zero attached hydrogens (tertiary/aromatic N) is 4. The number of carbonyl (C=O) groups is 1. The molecule has 0 saturated carbocycles. The number of anilines is 2. The van der Waals surface area contributed by atoms with E-state index < -0.39 is 0 Å². The molecule has 2 aromatic carbocycles. The van der Waals surface area contributed by atoms with Crippen LogP contribution in [0.2, 0.25) is 0 Å². The van der Waals surface area contributed by atoms with Gasteiger partial charge in [0.15, 0.2) is 5.13 Å².